The van der Waals surface area contributed by atoms with Crippen LogP contribution in [0.25, 0.3) is 0 Å². The van der Waals surface area contributed by atoms with E-state index in [0.29, 0.717) is 12.5 Å². The lowest BCUT2D eigenvalue weighted by atomic mass is 10.6. The second-order valence-corrected chi connectivity index (χ2v) is 4.18. The zero-order valence-corrected chi connectivity index (χ0v) is 10.2. The van der Waals surface area contributed by atoms with E-state index in [1.807, 2.05) is 11.6 Å². The summed E-state index contributed by atoms with van der Waals surface area (Å²) in [4.78, 5) is 8.24. The summed E-state index contributed by atoms with van der Waals surface area (Å²) < 4.78 is 2.86. The molecule has 2 aromatic rings. The maximum absolute atomic E-state index is 4.12. The van der Waals surface area contributed by atoms with Crippen LogP contribution in [0.15, 0.2) is 18.7 Å². The van der Waals surface area contributed by atoms with Gasteiger partial charge >= 0.3 is 0 Å². The van der Waals surface area contributed by atoms with Crippen molar-refractivity contribution in [1.29, 1.82) is 0 Å². The van der Waals surface area contributed by atoms with Crippen LogP contribution < -0.4 is 5.32 Å². The molecule has 0 spiro atoms. The number of nitrogens with zero attached hydrogens (tertiary/aromatic N) is 5. The van der Waals surface area contributed by atoms with Gasteiger partial charge < -0.3 is 9.88 Å². The second kappa shape index (κ2) is 4.51. The quantitative estimate of drug-likeness (QED) is 0.849. The van der Waals surface area contributed by atoms with Crippen LogP contribution in [0, 0.1) is 3.57 Å². The van der Waals surface area contributed by atoms with E-state index in [2.05, 4.69) is 48.1 Å². The summed E-state index contributed by atoms with van der Waals surface area (Å²) in [5, 5.41) is 10.8. The van der Waals surface area contributed by atoms with Crippen molar-refractivity contribution in [2.24, 2.45) is 7.05 Å². The smallest absolute Gasteiger partial charge is 0.223 e. The fourth-order valence-corrected chi connectivity index (χ4v) is 1.31. The maximum atomic E-state index is 4.12. The molecule has 1 N–H and O–H groups in total. The lowest BCUT2D eigenvalue weighted by Crippen LogP contribution is -2.07. The van der Waals surface area contributed by atoms with E-state index in [1.165, 1.54) is 0 Å². The van der Waals surface area contributed by atoms with Crippen LogP contribution >= 0.6 is 22.6 Å². The molecule has 7 heteroatoms. The van der Waals surface area contributed by atoms with Crippen molar-refractivity contribution in [3.8, 4) is 0 Å². The first-order chi connectivity index (χ1) is 7.25. The zero-order chi connectivity index (χ0) is 10.7. The first kappa shape index (κ1) is 10.3. The molecule has 0 amide bonds. The molecule has 0 aromatic carbocycles. The molecule has 2 rings (SSSR count). The van der Waals surface area contributed by atoms with Crippen LogP contribution in [0.2, 0.25) is 0 Å². The number of halogens is 1. The Labute approximate surface area is 100 Å². The van der Waals surface area contributed by atoms with Crippen LogP contribution in [-0.4, -0.2) is 24.7 Å². The minimum atomic E-state index is 0.567. The number of anilines is 1. The predicted octanol–water partition coefficient (Wildman–Crippen LogP) is 0.822. The predicted molar refractivity (Wildman–Crippen MR) is 63.1 cm³/mol. The minimum absolute atomic E-state index is 0.567. The Morgan fingerprint density at radius 2 is 2.13 bits per heavy atom. The van der Waals surface area contributed by atoms with Crippen molar-refractivity contribution in [2.45, 2.75) is 6.54 Å². The Morgan fingerprint density at radius 1 is 1.40 bits per heavy atom. The molecule has 0 radical (unpaired) electrons. The molecule has 0 bridgehead atoms. The van der Waals surface area contributed by atoms with Crippen molar-refractivity contribution in [1.82, 2.24) is 24.7 Å². The molecular weight excluding hydrogens is 307 g/mol. The first-order valence-corrected chi connectivity index (χ1v) is 5.38. The SMILES string of the molecule is Cn1cnnc1CNc1ncc(I)cn1. The van der Waals surface area contributed by atoms with Gasteiger partial charge in [0, 0.05) is 23.0 Å². The molecule has 0 atom stereocenters. The molecule has 0 saturated heterocycles. The van der Waals surface area contributed by atoms with E-state index in [-0.39, 0.29) is 0 Å². The Hall–Kier alpha value is -1.25. The van der Waals surface area contributed by atoms with Gasteiger partial charge in [-0.05, 0) is 22.6 Å². The van der Waals surface area contributed by atoms with E-state index in [9.17, 15) is 0 Å². The van der Waals surface area contributed by atoms with E-state index in [4.69, 9.17) is 0 Å². The summed E-state index contributed by atoms with van der Waals surface area (Å²) in [5.41, 5.74) is 0. The highest BCUT2D eigenvalue weighted by molar-refractivity contribution is 14.1. The highest BCUT2D eigenvalue weighted by atomic mass is 127. The van der Waals surface area contributed by atoms with Gasteiger partial charge in [-0.3, -0.25) is 0 Å². The van der Waals surface area contributed by atoms with E-state index >= 15 is 0 Å². The van der Waals surface area contributed by atoms with Gasteiger partial charge in [-0.2, -0.15) is 0 Å². The largest absolute Gasteiger partial charge is 0.347 e. The Bertz CT molecular complexity index is 437. The Morgan fingerprint density at radius 3 is 2.73 bits per heavy atom. The molecule has 2 aromatic heterocycles. The molecule has 78 valence electrons. The average Bonchev–Trinajstić information content (AvgIpc) is 2.63. The molecule has 0 aliphatic heterocycles. The highest BCUT2D eigenvalue weighted by Crippen LogP contribution is 2.03. The number of nitrogens with one attached hydrogen (secondary N) is 1. The van der Waals surface area contributed by atoms with Crippen LogP contribution in [-0.2, 0) is 13.6 Å². The van der Waals surface area contributed by atoms with Crippen LogP contribution in [0.3, 0.4) is 0 Å². The van der Waals surface area contributed by atoms with Crippen molar-refractivity contribution >= 4 is 28.5 Å². The summed E-state index contributed by atoms with van der Waals surface area (Å²) in [5.74, 6) is 1.44. The minimum Gasteiger partial charge on any atom is -0.347 e. The lowest BCUT2D eigenvalue weighted by molar-refractivity contribution is 0.807. The number of hydrogen-bond donors (Lipinski definition) is 1. The molecule has 15 heavy (non-hydrogen) atoms. The average molecular weight is 316 g/mol. The lowest BCUT2D eigenvalue weighted by Gasteiger charge is -2.03. The van der Waals surface area contributed by atoms with Crippen molar-refractivity contribution < 1.29 is 0 Å². The number of aromatic nitrogens is 5. The van der Waals surface area contributed by atoms with E-state index < -0.39 is 0 Å². The summed E-state index contributed by atoms with van der Waals surface area (Å²) in [6.45, 7) is 0.567. The number of aryl methyl sites for hydroxylation is 1. The maximum Gasteiger partial charge on any atom is 0.223 e. The standard InChI is InChI=1S/C8H9IN6/c1-15-5-13-14-7(15)4-12-8-10-2-6(9)3-11-8/h2-3,5H,4H2,1H3,(H,10,11,12). The molecule has 0 unspecified atom stereocenters. The molecule has 0 fully saturated rings. The summed E-state index contributed by atoms with van der Waals surface area (Å²) in [6, 6.07) is 0. The summed E-state index contributed by atoms with van der Waals surface area (Å²) in [7, 11) is 1.89. The third-order valence-electron chi connectivity index (χ3n) is 1.83. The van der Waals surface area contributed by atoms with Gasteiger partial charge in [0.2, 0.25) is 5.95 Å². The third kappa shape index (κ3) is 2.61. The molecule has 0 saturated carbocycles. The van der Waals surface area contributed by atoms with Crippen molar-refractivity contribution in [2.75, 3.05) is 5.32 Å². The van der Waals surface area contributed by atoms with Crippen LogP contribution in [0.5, 0.6) is 0 Å². The van der Waals surface area contributed by atoms with Crippen LogP contribution in [0.4, 0.5) is 5.95 Å². The van der Waals surface area contributed by atoms with Gasteiger partial charge in [-0.1, -0.05) is 0 Å². The van der Waals surface area contributed by atoms with Crippen LogP contribution in [0.1, 0.15) is 5.82 Å². The van der Waals surface area contributed by atoms with Gasteiger partial charge in [-0.25, -0.2) is 9.97 Å². The van der Waals surface area contributed by atoms with Crippen molar-refractivity contribution in [3.63, 3.8) is 0 Å². The zero-order valence-electron chi connectivity index (χ0n) is 8.05. The number of hydrogen-bond acceptors (Lipinski definition) is 5. The van der Waals surface area contributed by atoms with Gasteiger partial charge in [0.05, 0.1) is 6.54 Å². The fraction of sp³-hybridized carbons (Fsp3) is 0.250. The molecule has 2 heterocycles. The highest BCUT2D eigenvalue weighted by Gasteiger charge is 2.01. The van der Waals surface area contributed by atoms with Gasteiger partial charge in [0.25, 0.3) is 0 Å². The van der Waals surface area contributed by atoms with E-state index in [0.717, 1.165) is 9.39 Å². The van der Waals surface area contributed by atoms with E-state index in [1.54, 1.807) is 18.7 Å². The van der Waals surface area contributed by atoms with Gasteiger partial charge in [0.1, 0.15) is 6.33 Å². The molecule has 0 aliphatic carbocycles. The number of rotatable bonds is 3. The monoisotopic (exact) mass is 316 g/mol. The second-order valence-electron chi connectivity index (χ2n) is 2.94. The fourth-order valence-electron chi connectivity index (χ4n) is 1.03. The third-order valence-corrected chi connectivity index (χ3v) is 2.39. The van der Waals surface area contributed by atoms with Gasteiger partial charge in [-0.15, -0.1) is 10.2 Å². The summed E-state index contributed by atoms with van der Waals surface area (Å²) in [6.07, 6.45) is 5.17. The normalized spacial score (nSPS) is 10.3. The summed E-state index contributed by atoms with van der Waals surface area (Å²) >= 11 is 2.16. The first-order valence-electron chi connectivity index (χ1n) is 4.30. The Balaban J connectivity index is 1.99. The molecular formula is C8H9IN6. The Kier molecular flexibility index (Phi) is 3.09. The molecule has 0 aliphatic rings. The van der Waals surface area contributed by atoms with Crippen molar-refractivity contribution in [3.05, 3.63) is 28.1 Å². The van der Waals surface area contributed by atoms with Gasteiger partial charge in [0.15, 0.2) is 5.82 Å². The topological polar surface area (TPSA) is 68.5 Å². The molecule has 6 nitrogen and oxygen atoms in total.